The Labute approximate surface area is 168 Å². The van der Waals surface area contributed by atoms with Crippen LogP contribution in [0.3, 0.4) is 0 Å². The first-order valence-corrected chi connectivity index (χ1v) is 9.82. The van der Waals surface area contributed by atoms with Crippen LogP contribution in [0.15, 0.2) is 71.5 Å². The van der Waals surface area contributed by atoms with Gasteiger partial charge in [0.05, 0.1) is 4.53 Å². The predicted octanol–water partition coefficient (Wildman–Crippen LogP) is 4.16. The molecule has 2 heterocycles. The van der Waals surface area contributed by atoms with Crippen LogP contribution in [0.4, 0.5) is 4.39 Å². The molecule has 0 aliphatic heterocycles. The van der Waals surface area contributed by atoms with E-state index in [1.807, 2.05) is 48.5 Å². The summed E-state index contributed by atoms with van der Waals surface area (Å²) in [5.41, 5.74) is 1.63. The monoisotopic (exact) mass is 399 g/mol. The fraction of sp³-hybridized carbons (Fsp3) is 0. The summed E-state index contributed by atoms with van der Waals surface area (Å²) in [6.45, 7) is 0. The standard InChI is InChI=1S/C23H14FN3OS/c24-18-11-8-15(9-12-18)10-13-21-25-23-27(26-21)22(28)20(29-23)14-17-6-3-5-16-4-1-2-7-19(16)17/h1-14H/b13-10+,20-14+. The lowest BCUT2D eigenvalue weighted by Crippen LogP contribution is -2.23. The topological polar surface area (TPSA) is 47.3 Å². The molecule has 0 N–H and O–H groups in total. The second kappa shape index (κ2) is 7.07. The van der Waals surface area contributed by atoms with Gasteiger partial charge in [0.2, 0.25) is 4.96 Å². The van der Waals surface area contributed by atoms with E-state index in [4.69, 9.17) is 0 Å². The average molecular weight is 399 g/mol. The number of thiazole rings is 1. The zero-order chi connectivity index (χ0) is 19.8. The van der Waals surface area contributed by atoms with Gasteiger partial charge in [-0.1, -0.05) is 72.0 Å². The lowest BCUT2D eigenvalue weighted by atomic mass is 10.0. The van der Waals surface area contributed by atoms with Gasteiger partial charge in [-0.2, -0.15) is 9.50 Å². The molecule has 2 aromatic heterocycles. The molecule has 0 bridgehead atoms. The summed E-state index contributed by atoms with van der Waals surface area (Å²) in [5.74, 6) is 0.156. The largest absolute Gasteiger partial charge is 0.291 e. The van der Waals surface area contributed by atoms with Crippen molar-refractivity contribution in [2.24, 2.45) is 0 Å². The van der Waals surface area contributed by atoms with Gasteiger partial charge in [-0.3, -0.25) is 4.79 Å². The van der Waals surface area contributed by atoms with Crippen LogP contribution in [0.2, 0.25) is 0 Å². The first kappa shape index (κ1) is 17.5. The van der Waals surface area contributed by atoms with Crippen LogP contribution in [-0.2, 0) is 0 Å². The molecule has 5 rings (SSSR count). The Morgan fingerprint density at radius 2 is 1.72 bits per heavy atom. The highest BCUT2D eigenvalue weighted by Gasteiger charge is 2.09. The fourth-order valence-electron chi connectivity index (χ4n) is 3.18. The molecule has 0 amide bonds. The molecule has 0 saturated heterocycles. The lowest BCUT2D eigenvalue weighted by molar-refractivity contribution is 0.628. The van der Waals surface area contributed by atoms with Crippen molar-refractivity contribution in [2.75, 3.05) is 0 Å². The molecule has 0 aliphatic carbocycles. The molecule has 0 saturated carbocycles. The molecule has 29 heavy (non-hydrogen) atoms. The maximum Gasteiger partial charge on any atom is 0.291 e. The van der Waals surface area contributed by atoms with E-state index in [1.165, 1.54) is 28.0 Å². The lowest BCUT2D eigenvalue weighted by Gasteiger charge is -2.00. The van der Waals surface area contributed by atoms with E-state index in [9.17, 15) is 9.18 Å². The van der Waals surface area contributed by atoms with Crippen LogP contribution in [0.25, 0.3) is 34.0 Å². The van der Waals surface area contributed by atoms with Crippen LogP contribution >= 0.6 is 11.3 Å². The van der Waals surface area contributed by atoms with E-state index in [0.29, 0.717) is 15.3 Å². The molecule has 0 aliphatic rings. The smallest absolute Gasteiger partial charge is 0.266 e. The Bertz CT molecular complexity index is 1480. The summed E-state index contributed by atoms with van der Waals surface area (Å²) in [4.78, 5) is 17.7. The van der Waals surface area contributed by atoms with E-state index < -0.39 is 0 Å². The molecule has 0 spiro atoms. The van der Waals surface area contributed by atoms with Gasteiger partial charge in [-0.15, -0.1) is 5.10 Å². The van der Waals surface area contributed by atoms with Crippen LogP contribution in [0.5, 0.6) is 0 Å². The zero-order valence-electron chi connectivity index (χ0n) is 15.1. The maximum atomic E-state index is 13.0. The molecular formula is C23H14FN3OS. The van der Waals surface area contributed by atoms with Crippen LogP contribution < -0.4 is 10.1 Å². The molecule has 6 heteroatoms. The van der Waals surface area contributed by atoms with Crippen molar-refractivity contribution in [3.8, 4) is 0 Å². The average Bonchev–Trinajstić information content (AvgIpc) is 3.27. The van der Waals surface area contributed by atoms with E-state index >= 15 is 0 Å². The number of hydrogen-bond acceptors (Lipinski definition) is 4. The van der Waals surface area contributed by atoms with Crippen molar-refractivity contribution in [3.05, 3.63) is 104 Å². The summed E-state index contributed by atoms with van der Waals surface area (Å²) in [6, 6.07) is 20.2. The van der Waals surface area contributed by atoms with Crippen LogP contribution in [-0.4, -0.2) is 14.6 Å². The summed E-state index contributed by atoms with van der Waals surface area (Å²) in [5, 5.41) is 6.51. The Balaban J connectivity index is 1.53. The SMILES string of the molecule is O=c1/c(=C\c2cccc3ccccc23)sc2nc(/C=C/c3ccc(F)cc3)nn12. The van der Waals surface area contributed by atoms with E-state index in [0.717, 1.165) is 21.9 Å². The van der Waals surface area contributed by atoms with Crippen molar-refractivity contribution < 1.29 is 4.39 Å². The van der Waals surface area contributed by atoms with Crippen molar-refractivity contribution in [1.29, 1.82) is 0 Å². The van der Waals surface area contributed by atoms with Crippen molar-refractivity contribution >= 4 is 45.3 Å². The van der Waals surface area contributed by atoms with Gasteiger partial charge in [0, 0.05) is 0 Å². The normalized spacial score (nSPS) is 12.5. The number of fused-ring (bicyclic) bond motifs is 2. The van der Waals surface area contributed by atoms with Crippen molar-refractivity contribution in [2.45, 2.75) is 0 Å². The number of rotatable bonds is 3. The number of aromatic nitrogens is 3. The Morgan fingerprint density at radius 3 is 2.55 bits per heavy atom. The molecule has 5 aromatic rings. The van der Waals surface area contributed by atoms with Gasteiger partial charge in [0.1, 0.15) is 5.82 Å². The molecule has 0 unspecified atom stereocenters. The highest BCUT2D eigenvalue weighted by Crippen LogP contribution is 2.19. The first-order chi connectivity index (χ1) is 14.2. The van der Waals surface area contributed by atoms with E-state index in [2.05, 4.69) is 10.1 Å². The third-order valence-electron chi connectivity index (χ3n) is 4.60. The highest BCUT2D eigenvalue weighted by molar-refractivity contribution is 7.15. The van der Waals surface area contributed by atoms with Gasteiger partial charge >= 0.3 is 0 Å². The predicted molar refractivity (Wildman–Crippen MR) is 115 cm³/mol. The van der Waals surface area contributed by atoms with Gasteiger partial charge in [0.15, 0.2) is 5.82 Å². The minimum atomic E-state index is -0.284. The van der Waals surface area contributed by atoms with E-state index in [-0.39, 0.29) is 11.4 Å². The minimum Gasteiger partial charge on any atom is -0.266 e. The molecule has 140 valence electrons. The maximum absolute atomic E-state index is 13.0. The molecule has 4 nitrogen and oxygen atoms in total. The Morgan fingerprint density at radius 1 is 0.931 bits per heavy atom. The van der Waals surface area contributed by atoms with Gasteiger partial charge in [-0.05, 0) is 46.2 Å². The second-order valence-electron chi connectivity index (χ2n) is 6.53. The number of nitrogens with zero attached hydrogens (tertiary/aromatic N) is 3. The number of hydrogen-bond donors (Lipinski definition) is 0. The molecule has 0 radical (unpaired) electrons. The molecular weight excluding hydrogens is 385 g/mol. The zero-order valence-corrected chi connectivity index (χ0v) is 15.9. The molecule has 3 aromatic carbocycles. The number of benzene rings is 3. The Hall–Kier alpha value is -3.64. The molecule has 0 atom stereocenters. The van der Waals surface area contributed by atoms with Gasteiger partial charge < -0.3 is 0 Å². The third-order valence-corrected chi connectivity index (χ3v) is 5.56. The fourth-order valence-corrected chi connectivity index (χ4v) is 4.09. The minimum absolute atomic E-state index is 0.188. The second-order valence-corrected chi connectivity index (χ2v) is 7.54. The molecule has 0 fully saturated rings. The quantitative estimate of drug-likeness (QED) is 0.458. The summed E-state index contributed by atoms with van der Waals surface area (Å²) < 4.78 is 14.9. The highest BCUT2D eigenvalue weighted by atomic mass is 32.1. The van der Waals surface area contributed by atoms with Gasteiger partial charge in [-0.25, -0.2) is 4.39 Å². The van der Waals surface area contributed by atoms with E-state index in [1.54, 1.807) is 24.3 Å². The third kappa shape index (κ3) is 3.34. The number of halogens is 1. The van der Waals surface area contributed by atoms with Crippen LogP contribution in [0, 0.1) is 5.82 Å². The summed E-state index contributed by atoms with van der Waals surface area (Å²) >= 11 is 1.31. The summed E-state index contributed by atoms with van der Waals surface area (Å²) in [6.07, 6.45) is 5.38. The van der Waals surface area contributed by atoms with Crippen LogP contribution in [0.1, 0.15) is 17.0 Å². The van der Waals surface area contributed by atoms with Crippen molar-refractivity contribution in [3.63, 3.8) is 0 Å². The van der Waals surface area contributed by atoms with Gasteiger partial charge in [0.25, 0.3) is 5.56 Å². The first-order valence-electron chi connectivity index (χ1n) is 9.00. The van der Waals surface area contributed by atoms with Crippen molar-refractivity contribution in [1.82, 2.24) is 14.6 Å². The Kier molecular flexibility index (Phi) is 4.26. The summed E-state index contributed by atoms with van der Waals surface area (Å²) in [7, 11) is 0.